The van der Waals surface area contributed by atoms with Crippen molar-refractivity contribution in [2.45, 2.75) is 0 Å². The molecule has 0 aliphatic heterocycles. The molecule has 3 nitrogen and oxygen atoms in total. The van der Waals surface area contributed by atoms with Crippen LogP contribution in [-0.2, 0) is 0 Å². The van der Waals surface area contributed by atoms with Gasteiger partial charge in [-0.3, -0.25) is 4.70 Å². The van der Waals surface area contributed by atoms with Crippen molar-refractivity contribution in [1.82, 2.24) is 0 Å². The van der Waals surface area contributed by atoms with Crippen molar-refractivity contribution in [3.63, 3.8) is 0 Å². The normalized spacial score (nSPS) is 4.50. The van der Waals surface area contributed by atoms with Crippen molar-refractivity contribution < 1.29 is 19.8 Å². The van der Waals surface area contributed by atoms with Gasteiger partial charge in [-0.25, -0.2) is 0 Å². The van der Waals surface area contributed by atoms with Gasteiger partial charge in [0, 0.05) is 0 Å². The van der Waals surface area contributed by atoms with Gasteiger partial charge in [-0.1, -0.05) is 0 Å². The predicted molar refractivity (Wildman–Crippen MR) is 25.2 cm³/mol. The number of hydrogen-bond donors (Lipinski definition) is 3. The summed E-state index contributed by atoms with van der Waals surface area (Å²) < 4.78 is 0. The Hall–Kier alpha value is 0.355. The maximum absolute atomic E-state index is 7.17. The lowest BCUT2D eigenvalue weighted by Gasteiger charge is -1.69. The Bertz CT molecular complexity index is 15.5. The largest absolute Gasteiger partial charge is 0.631 e. The zero-order chi connectivity index (χ0) is 3.58. The summed E-state index contributed by atoms with van der Waals surface area (Å²) in [6, 6.07) is 0. The van der Waals surface area contributed by atoms with Crippen molar-refractivity contribution in [3.8, 4) is 0 Å². The van der Waals surface area contributed by atoms with Crippen molar-refractivity contribution in [3.05, 3.63) is 0 Å². The lowest BCUT2D eigenvalue weighted by Crippen LogP contribution is -2.07. The van der Waals surface area contributed by atoms with Gasteiger partial charge in [-0.2, -0.15) is 0 Å². The van der Waals surface area contributed by atoms with Crippen LogP contribution in [0.2, 0.25) is 0 Å². The lowest BCUT2D eigenvalue weighted by atomic mass is 10.3. The van der Waals surface area contributed by atoms with Crippen LogP contribution in [-0.4, -0.2) is 22.4 Å². The van der Waals surface area contributed by atoms with Gasteiger partial charge < -0.3 is 15.1 Å². The number of rotatable bonds is 0. The van der Waals surface area contributed by atoms with Gasteiger partial charge in [0.15, 0.2) is 0 Å². The molecule has 0 saturated carbocycles. The molecule has 0 saturated heterocycles. The molecule has 0 aromatic rings. The Morgan fingerprint density at radius 3 is 1.00 bits per heavy atom. The van der Waals surface area contributed by atoms with Gasteiger partial charge in [-0.05, 0) is 0 Å². The summed E-state index contributed by atoms with van der Waals surface area (Å²) in [7, 11) is -2.17. The molecule has 40 valence electrons. The second-order valence-electron chi connectivity index (χ2n) is 0.346. The fourth-order valence-electron chi connectivity index (χ4n) is 0. The summed E-state index contributed by atoms with van der Waals surface area (Å²) in [5.74, 6) is 0. The fraction of sp³-hybridized carbons (Fsp3) is 0. The summed E-state index contributed by atoms with van der Waals surface area (Å²) >= 11 is 0. The lowest BCUT2D eigenvalue weighted by molar-refractivity contribution is 0.278. The van der Waals surface area contributed by atoms with Gasteiger partial charge in [0.1, 0.15) is 0 Å². The highest BCUT2D eigenvalue weighted by Crippen LogP contribution is 1.40. The van der Waals surface area contributed by atoms with E-state index in [0.29, 0.717) is 0 Å². The standard InChI is InChI=1S/BH3O3.BrH.FH/c2-1(3)4;;/h2-4H;2*1H. The van der Waals surface area contributed by atoms with Gasteiger partial charge in [0.2, 0.25) is 0 Å². The zero-order valence-corrected chi connectivity index (χ0v) is 4.45. The predicted octanol–water partition coefficient (Wildman–Crippen LogP) is -1.32. The first-order valence-electron chi connectivity index (χ1n) is 0.775. The second-order valence-corrected chi connectivity index (χ2v) is 0.346. The highest BCUT2D eigenvalue weighted by molar-refractivity contribution is 8.93. The van der Waals surface area contributed by atoms with E-state index in [1.165, 1.54) is 0 Å². The third-order valence-corrected chi connectivity index (χ3v) is 0. The first-order chi connectivity index (χ1) is 1.73. The molecule has 0 radical (unpaired) electrons. The topological polar surface area (TPSA) is 60.7 Å². The van der Waals surface area contributed by atoms with Crippen LogP contribution in [0, 0.1) is 0 Å². The van der Waals surface area contributed by atoms with E-state index in [-0.39, 0.29) is 21.7 Å². The Morgan fingerprint density at radius 1 is 1.00 bits per heavy atom. The Labute approximate surface area is 44.9 Å². The minimum atomic E-state index is -2.17. The van der Waals surface area contributed by atoms with Crippen LogP contribution < -0.4 is 0 Å². The second kappa shape index (κ2) is 9.02. The molecular formula is H5BBrFO3. The van der Waals surface area contributed by atoms with Crippen molar-refractivity contribution >= 4 is 24.3 Å². The highest BCUT2D eigenvalue weighted by Gasteiger charge is 1.92. The van der Waals surface area contributed by atoms with E-state index in [4.69, 9.17) is 15.1 Å². The maximum Gasteiger partial charge on any atom is 0.631 e. The summed E-state index contributed by atoms with van der Waals surface area (Å²) in [6.07, 6.45) is 0. The van der Waals surface area contributed by atoms with E-state index in [1.807, 2.05) is 0 Å². The van der Waals surface area contributed by atoms with Gasteiger partial charge >= 0.3 is 7.32 Å². The number of halogens is 2. The van der Waals surface area contributed by atoms with Crippen LogP contribution in [0.4, 0.5) is 4.70 Å². The molecule has 0 heterocycles. The van der Waals surface area contributed by atoms with Crippen molar-refractivity contribution in [2.75, 3.05) is 0 Å². The van der Waals surface area contributed by atoms with E-state index in [2.05, 4.69) is 0 Å². The van der Waals surface area contributed by atoms with Gasteiger partial charge in [-0.15, -0.1) is 17.0 Å². The third-order valence-electron chi connectivity index (χ3n) is 0. The van der Waals surface area contributed by atoms with Crippen LogP contribution in [0.3, 0.4) is 0 Å². The average Bonchev–Trinajstić information content (AvgIpc) is 0.811. The Kier molecular flexibility index (Phi) is 24.3. The van der Waals surface area contributed by atoms with E-state index >= 15 is 0 Å². The molecule has 0 aromatic carbocycles. The molecule has 6 heteroatoms. The molecule has 0 fully saturated rings. The van der Waals surface area contributed by atoms with Crippen LogP contribution in [0.15, 0.2) is 0 Å². The molecule has 0 amide bonds. The summed E-state index contributed by atoms with van der Waals surface area (Å²) in [5.41, 5.74) is 0. The fourth-order valence-corrected chi connectivity index (χ4v) is 0. The van der Waals surface area contributed by atoms with E-state index < -0.39 is 7.32 Å². The summed E-state index contributed by atoms with van der Waals surface area (Å²) in [6.45, 7) is 0. The maximum atomic E-state index is 7.17. The molecule has 0 aromatic heterocycles. The Morgan fingerprint density at radius 2 is 1.00 bits per heavy atom. The van der Waals surface area contributed by atoms with Crippen LogP contribution in [0.25, 0.3) is 0 Å². The molecule has 6 heavy (non-hydrogen) atoms. The molecule has 3 N–H and O–H groups in total. The van der Waals surface area contributed by atoms with Gasteiger partial charge in [0.05, 0.1) is 0 Å². The monoisotopic (exact) mass is 162 g/mol. The van der Waals surface area contributed by atoms with Crippen LogP contribution in [0.1, 0.15) is 0 Å². The highest BCUT2D eigenvalue weighted by atomic mass is 79.9. The number of hydrogen-bond acceptors (Lipinski definition) is 3. The van der Waals surface area contributed by atoms with E-state index in [0.717, 1.165) is 0 Å². The molecule has 0 atom stereocenters. The van der Waals surface area contributed by atoms with Gasteiger partial charge in [0.25, 0.3) is 0 Å². The zero-order valence-electron chi connectivity index (χ0n) is 2.74. The quantitative estimate of drug-likeness (QED) is 0.388. The first-order valence-corrected chi connectivity index (χ1v) is 0.775. The average molecular weight is 163 g/mol. The van der Waals surface area contributed by atoms with Crippen molar-refractivity contribution in [2.24, 2.45) is 0 Å². The van der Waals surface area contributed by atoms with Crippen LogP contribution in [0.5, 0.6) is 0 Å². The SMILES string of the molecule is Br.F.OB(O)O. The summed E-state index contributed by atoms with van der Waals surface area (Å²) in [5, 5.41) is 21.5. The molecule has 0 spiro atoms. The molecule has 0 unspecified atom stereocenters. The smallest absolute Gasteiger partial charge is 0.402 e. The van der Waals surface area contributed by atoms with E-state index in [9.17, 15) is 0 Å². The minimum absolute atomic E-state index is 0. The molecule has 0 aliphatic carbocycles. The molecule has 0 bridgehead atoms. The van der Waals surface area contributed by atoms with E-state index in [1.54, 1.807) is 0 Å². The Balaban J connectivity index is -0.0000000450. The minimum Gasteiger partial charge on any atom is -0.402 e. The third kappa shape index (κ3) is 389. The summed E-state index contributed by atoms with van der Waals surface area (Å²) in [4.78, 5) is 0. The van der Waals surface area contributed by atoms with Crippen molar-refractivity contribution in [1.29, 1.82) is 0 Å². The first kappa shape index (κ1) is 16.2. The molecular weight excluding hydrogens is 158 g/mol. The molecule has 0 rings (SSSR count). The van der Waals surface area contributed by atoms with Crippen LogP contribution >= 0.6 is 17.0 Å². The molecule has 0 aliphatic rings.